The van der Waals surface area contributed by atoms with Crippen LogP contribution < -0.4 is 14.8 Å². The zero-order valence-electron chi connectivity index (χ0n) is 13.2. The highest BCUT2D eigenvalue weighted by atomic mass is 16.5. The second-order valence-corrected chi connectivity index (χ2v) is 5.07. The second-order valence-electron chi connectivity index (χ2n) is 5.07. The van der Waals surface area contributed by atoms with E-state index in [1.165, 1.54) is 6.33 Å². The minimum absolute atomic E-state index is 0.190. The van der Waals surface area contributed by atoms with Crippen molar-refractivity contribution < 1.29 is 14.6 Å². The number of aryl methyl sites for hydroxylation is 1. The predicted molar refractivity (Wildman–Crippen MR) is 86.3 cm³/mol. The first-order valence-corrected chi connectivity index (χ1v) is 7.10. The van der Waals surface area contributed by atoms with Gasteiger partial charge >= 0.3 is 0 Å². The summed E-state index contributed by atoms with van der Waals surface area (Å²) >= 11 is 0. The lowest BCUT2D eigenvalue weighted by Gasteiger charge is -2.12. The molecule has 0 unspecified atom stereocenters. The normalized spacial score (nSPS) is 10.7. The lowest BCUT2D eigenvalue weighted by molar-refractivity contribution is 0.391. The summed E-state index contributed by atoms with van der Waals surface area (Å²) in [7, 11) is 3.24. The Kier molecular flexibility index (Phi) is 3.92. The van der Waals surface area contributed by atoms with Crippen molar-refractivity contribution >= 4 is 11.3 Å². The van der Waals surface area contributed by atoms with Gasteiger partial charge in [-0.3, -0.25) is 0 Å². The minimum Gasteiger partial charge on any atom is -0.506 e. The molecule has 0 aliphatic heterocycles. The number of ether oxygens (including phenoxy) is 2. The van der Waals surface area contributed by atoms with Crippen molar-refractivity contribution in [3.05, 3.63) is 41.9 Å². The largest absolute Gasteiger partial charge is 0.506 e. The number of hydrogen-bond acceptors (Lipinski definition) is 6. The first kappa shape index (κ1) is 15.0. The molecule has 0 saturated heterocycles. The van der Waals surface area contributed by atoms with E-state index in [-0.39, 0.29) is 5.75 Å². The Hall–Kier alpha value is -2.96. The van der Waals surface area contributed by atoms with Crippen LogP contribution in [0.15, 0.2) is 30.7 Å². The molecule has 0 atom stereocenters. The molecule has 0 saturated carbocycles. The molecule has 3 aromatic rings. The highest BCUT2D eigenvalue weighted by Gasteiger charge is 2.12. The summed E-state index contributed by atoms with van der Waals surface area (Å²) in [4.78, 5) is 4.27. The van der Waals surface area contributed by atoms with Crippen molar-refractivity contribution in [2.75, 3.05) is 19.5 Å². The summed E-state index contributed by atoms with van der Waals surface area (Å²) in [6, 6.07) is 5.65. The number of aromatic hydroxyl groups is 1. The molecule has 1 aromatic carbocycles. The molecule has 2 aromatic heterocycles. The van der Waals surface area contributed by atoms with Gasteiger partial charge in [0, 0.05) is 23.7 Å². The van der Waals surface area contributed by atoms with Gasteiger partial charge in [0.1, 0.15) is 29.1 Å². The molecule has 0 aliphatic rings. The third kappa shape index (κ3) is 2.73. The summed E-state index contributed by atoms with van der Waals surface area (Å²) in [6.45, 7) is 2.35. The first-order valence-electron chi connectivity index (χ1n) is 7.10. The summed E-state index contributed by atoms with van der Waals surface area (Å²) in [5.41, 5.74) is 2.45. The number of hydrogen-bond donors (Lipinski definition) is 2. The molecule has 2 heterocycles. The Balaban J connectivity index is 1.89. The van der Waals surface area contributed by atoms with Crippen LogP contribution in [0, 0.1) is 6.92 Å². The molecule has 0 fully saturated rings. The Morgan fingerprint density at radius 2 is 2.09 bits per heavy atom. The summed E-state index contributed by atoms with van der Waals surface area (Å²) in [5.74, 6) is 2.31. The lowest BCUT2D eigenvalue weighted by Crippen LogP contribution is -2.06. The summed E-state index contributed by atoms with van der Waals surface area (Å²) in [5, 5.41) is 17.2. The lowest BCUT2D eigenvalue weighted by atomic mass is 10.2. The van der Waals surface area contributed by atoms with Gasteiger partial charge in [-0.2, -0.15) is 5.10 Å². The van der Waals surface area contributed by atoms with E-state index in [1.807, 2.05) is 25.1 Å². The van der Waals surface area contributed by atoms with Crippen LogP contribution in [0.3, 0.4) is 0 Å². The molecule has 3 rings (SSSR count). The fourth-order valence-electron chi connectivity index (χ4n) is 2.45. The van der Waals surface area contributed by atoms with Crippen molar-refractivity contribution in [3.63, 3.8) is 0 Å². The third-order valence-electron chi connectivity index (χ3n) is 3.74. The highest BCUT2D eigenvalue weighted by molar-refractivity contribution is 5.74. The number of nitrogens with one attached hydrogen (secondary N) is 1. The van der Waals surface area contributed by atoms with E-state index in [4.69, 9.17) is 9.47 Å². The van der Waals surface area contributed by atoms with Crippen molar-refractivity contribution in [1.82, 2.24) is 14.6 Å². The first-order chi connectivity index (χ1) is 11.1. The van der Waals surface area contributed by atoms with E-state index in [2.05, 4.69) is 15.4 Å². The van der Waals surface area contributed by atoms with Crippen molar-refractivity contribution in [3.8, 4) is 17.2 Å². The third-order valence-corrected chi connectivity index (χ3v) is 3.74. The second kappa shape index (κ2) is 6.04. The summed E-state index contributed by atoms with van der Waals surface area (Å²) < 4.78 is 12.2. The molecule has 120 valence electrons. The van der Waals surface area contributed by atoms with Crippen LogP contribution in [0.2, 0.25) is 0 Å². The van der Waals surface area contributed by atoms with Crippen LogP contribution in [0.5, 0.6) is 17.2 Å². The maximum Gasteiger partial charge on any atom is 0.154 e. The quantitative estimate of drug-likeness (QED) is 0.752. The van der Waals surface area contributed by atoms with Gasteiger partial charge in [-0.25, -0.2) is 9.50 Å². The number of methoxy groups -OCH3 is 2. The van der Waals surface area contributed by atoms with Gasteiger partial charge in [0.2, 0.25) is 0 Å². The van der Waals surface area contributed by atoms with Crippen LogP contribution in [-0.2, 0) is 6.54 Å². The molecule has 7 heteroatoms. The number of fused-ring (bicyclic) bond motifs is 1. The number of anilines is 1. The number of benzene rings is 1. The van der Waals surface area contributed by atoms with E-state index < -0.39 is 0 Å². The van der Waals surface area contributed by atoms with Crippen LogP contribution in [-0.4, -0.2) is 33.9 Å². The van der Waals surface area contributed by atoms with Crippen LogP contribution in [0.25, 0.3) is 5.52 Å². The average molecular weight is 314 g/mol. The number of rotatable bonds is 5. The highest BCUT2D eigenvalue weighted by Crippen LogP contribution is 2.28. The molecule has 0 amide bonds. The predicted octanol–water partition coefficient (Wildman–Crippen LogP) is 2.37. The van der Waals surface area contributed by atoms with Crippen molar-refractivity contribution in [1.29, 1.82) is 0 Å². The van der Waals surface area contributed by atoms with Gasteiger partial charge in [-0.1, -0.05) is 0 Å². The molecule has 0 spiro atoms. The molecule has 23 heavy (non-hydrogen) atoms. The number of aromatic nitrogens is 3. The van der Waals surface area contributed by atoms with E-state index >= 15 is 0 Å². The van der Waals surface area contributed by atoms with Gasteiger partial charge in [-0.05, 0) is 19.1 Å². The minimum atomic E-state index is 0.190. The maximum absolute atomic E-state index is 9.84. The van der Waals surface area contributed by atoms with Gasteiger partial charge in [0.05, 0.1) is 20.4 Å². The van der Waals surface area contributed by atoms with Crippen LogP contribution in [0.1, 0.15) is 11.1 Å². The molecule has 2 N–H and O–H groups in total. The van der Waals surface area contributed by atoms with Gasteiger partial charge in [-0.15, -0.1) is 0 Å². The zero-order valence-corrected chi connectivity index (χ0v) is 13.2. The Labute approximate surface area is 133 Å². The SMILES string of the molecule is COc1ccc(CNc2ncnn3cc(O)c(C)c23)c(OC)c1. The fraction of sp³-hybridized carbons (Fsp3) is 0.250. The van der Waals surface area contributed by atoms with Gasteiger partial charge in [0.15, 0.2) is 5.82 Å². The maximum atomic E-state index is 9.84. The molecular weight excluding hydrogens is 296 g/mol. The fourth-order valence-corrected chi connectivity index (χ4v) is 2.45. The molecule has 0 bridgehead atoms. The van der Waals surface area contributed by atoms with E-state index in [1.54, 1.807) is 24.9 Å². The Bertz CT molecular complexity index is 845. The van der Waals surface area contributed by atoms with E-state index in [0.717, 1.165) is 28.1 Å². The monoisotopic (exact) mass is 314 g/mol. The molecule has 7 nitrogen and oxygen atoms in total. The Morgan fingerprint density at radius 3 is 2.83 bits per heavy atom. The summed E-state index contributed by atoms with van der Waals surface area (Å²) in [6.07, 6.45) is 3.00. The van der Waals surface area contributed by atoms with Crippen molar-refractivity contribution in [2.45, 2.75) is 13.5 Å². The van der Waals surface area contributed by atoms with E-state index in [9.17, 15) is 5.11 Å². The Morgan fingerprint density at radius 1 is 1.26 bits per heavy atom. The smallest absolute Gasteiger partial charge is 0.154 e. The zero-order chi connectivity index (χ0) is 16.4. The average Bonchev–Trinajstić information content (AvgIpc) is 2.87. The van der Waals surface area contributed by atoms with Gasteiger partial charge in [0.25, 0.3) is 0 Å². The van der Waals surface area contributed by atoms with E-state index in [0.29, 0.717) is 12.4 Å². The standard InChI is InChI=1S/C16H18N4O3/c1-10-13(21)8-20-15(10)16(18-9-19-20)17-7-11-4-5-12(22-2)6-14(11)23-3/h4-6,8-9,21H,7H2,1-3H3,(H,17,18,19). The molecular formula is C16H18N4O3. The van der Waals surface area contributed by atoms with Crippen molar-refractivity contribution in [2.24, 2.45) is 0 Å². The van der Waals surface area contributed by atoms with Crippen LogP contribution >= 0.6 is 0 Å². The van der Waals surface area contributed by atoms with Gasteiger partial charge < -0.3 is 19.9 Å². The topological polar surface area (TPSA) is 80.9 Å². The van der Waals surface area contributed by atoms with Crippen LogP contribution in [0.4, 0.5) is 5.82 Å². The molecule has 0 radical (unpaired) electrons. The number of nitrogens with zero attached hydrogens (tertiary/aromatic N) is 3. The molecule has 0 aliphatic carbocycles.